The molecule has 1 fully saturated rings. The van der Waals surface area contributed by atoms with Crippen LogP contribution in [0, 0.1) is 0 Å². The Morgan fingerprint density at radius 2 is 1.64 bits per heavy atom. The van der Waals surface area contributed by atoms with Crippen LogP contribution in [-0.4, -0.2) is 36.3 Å². The van der Waals surface area contributed by atoms with E-state index in [-0.39, 0.29) is 10.8 Å². The van der Waals surface area contributed by atoms with E-state index in [2.05, 4.69) is 5.32 Å². The van der Waals surface area contributed by atoms with Crippen molar-refractivity contribution >= 4 is 15.9 Å². The normalized spacial score (nSPS) is 14.7. The van der Waals surface area contributed by atoms with Crippen molar-refractivity contribution < 1.29 is 17.9 Å². The first kappa shape index (κ1) is 23.1. The van der Waals surface area contributed by atoms with E-state index in [1.807, 2.05) is 54.6 Å². The molecule has 1 amide bonds. The number of nitrogens with zero attached hydrogens (tertiary/aromatic N) is 2. The van der Waals surface area contributed by atoms with Gasteiger partial charge < -0.3 is 14.6 Å². The molecule has 4 rings (SSSR count). The van der Waals surface area contributed by atoms with Gasteiger partial charge in [-0.3, -0.25) is 4.79 Å². The summed E-state index contributed by atoms with van der Waals surface area (Å²) in [5.41, 5.74) is 2.30. The van der Waals surface area contributed by atoms with Crippen molar-refractivity contribution in [3.05, 3.63) is 83.7 Å². The molecule has 1 aromatic heterocycles. The lowest BCUT2D eigenvalue weighted by Crippen LogP contribution is -2.35. The topological polar surface area (TPSA) is 80.6 Å². The summed E-state index contributed by atoms with van der Waals surface area (Å²) in [4.78, 5) is 12.9. The van der Waals surface area contributed by atoms with Crippen molar-refractivity contribution in [1.29, 1.82) is 0 Å². The lowest BCUT2D eigenvalue weighted by molar-refractivity contribution is 0.0942. The third kappa shape index (κ3) is 5.64. The van der Waals surface area contributed by atoms with Crippen LogP contribution in [0.25, 0.3) is 0 Å². The van der Waals surface area contributed by atoms with Gasteiger partial charge in [0.1, 0.15) is 22.9 Å². The van der Waals surface area contributed by atoms with Crippen LogP contribution in [0.15, 0.2) is 71.8 Å². The number of aryl methyl sites for hydroxylation is 1. The molecule has 0 unspecified atom stereocenters. The summed E-state index contributed by atoms with van der Waals surface area (Å²) >= 11 is 0. The van der Waals surface area contributed by atoms with E-state index in [9.17, 15) is 13.2 Å². The van der Waals surface area contributed by atoms with Gasteiger partial charge in [-0.1, -0.05) is 48.9 Å². The van der Waals surface area contributed by atoms with Gasteiger partial charge in [-0.25, -0.2) is 8.42 Å². The molecule has 7 nitrogen and oxygen atoms in total. The van der Waals surface area contributed by atoms with E-state index in [0.717, 1.165) is 36.1 Å². The van der Waals surface area contributed by atoms with Crippen molar-refractivity contribution in [2.45, 2.75) is 37.3 Å². The third-order valence-corrected chi connectivity index (χ3v) is 7.65. The smallest absolute Gasteiger partial charge is 0.268 e. The number of amides is 1. The summed E-state index contributed by atoms with van der Waals surface area (Å²) in [6.45, 7) is 1.88. The fraction of sp³-hybridized carbons (Fsp3) is 0.320. The van der Waals surface area contributed by atoms with Gasteiger partial charge >= 0.3 is 0 Å². The molecule has 1 aliphatic rings. The van der Waals surface area contributed by atoms with E-state index < -0.39 is 10.0 Å². The Balaban J connectivity index is 1.34. The van der Waals surface area contributed by atoms with Crippen LogP contribution in [-0.2, 0) is 30.2 Å². The Hall–Kier alpha value is -3.10. The number of carbonyl (C=O) groups is 1. The lowest BCUT2D eigenvalue weighted by atomic mass is 10.1. The highest BCUT2D eigenvalue weighted by atomic mass is 32.2. The molecule has 8 heteroatoms. The maximum atomic E-state index is 12.9. The van der Waals surface area contributed by atoms with Crippen LogP contribution >= 0.6 is 0 Å². The number of rotatable bonds is 8. The lowest BCUT2D eigenvalue weighted by Gasteiger charge is -2.25. The molecule has 2 aromatic carbocycles. The number of hydrogen-bond acceptors (Lipinski definition) is 4. The first-order valence-electron chi connectivity index (χ1n) is 11.1. The highest BCUT2D eigenvalue weighted by molar-refractivity contribution is 7.89. The molecule has 1 saturated heterocycles. The average Bonchev–Trinajstić information content (AvgIpc) is 3.25. The maximum absolute atomic E-state index is 12.9. The van der Waals surface area contributed by atoms with Gasteiger partial charge in [0.25, 0.3) is 5.91 Å². The Morgan fingerprint density at radius 3 is 2.33 bits per heavy atom. The molecule has 0 saturated carbocycles. The summed E-state index contributed by atoms with van der Waals surface area (Å²) in [6.07, 6.45) is 4.31. The van der Waals surface area contributed by atoms with Crippen molar-refractivity contribution in [2.24, 2.45) is 7.05 Å². The zero-order valence-corrected chi connectivity index (χ0v) is 19.6. The van der Waals surface area contributed by atoms with Gasteiger partial charge in [-0.15, -0.1) is 0 Å². The summed E-state index contributed by atoms with van der Waals surface area (Å²) in [7, 11) is -1.89. The van der Waals surface area contributed by atoms with Gasteiger partial charge in [0.2, 0.25) is 10.0 Å². The molecule has 2 heterocycles. The fourth-order valence-electron chi connectivity index (χ4n) is 3.86. The number of sulfonamides is 1. The van der Waals surface area contributed by atoms with Crippen LogP contribution in [0.2, 0.25) is 0 Å². The molecule has 1 N–H and O–H groups in total. The summed E-state index contributed by atoms with van der Waals surface area (Å²) < 4.78 is 34.6. The molecule has 0 radical (unpaired) electrons. The maximum Gasteiger partial charge on any atom is 0.268 e. The molecule has 3 aromatic rings. The molecule has 33 heavy (non-hydrogen) atoms. The standard InChI is InChI=1S/C25H29N3O4S/c1-27-18-23(33(30,31)28-14-6-3-7-15-28)16-24(27)25(29)26-17-20-10-12-21(13-11-20)19-32-22-8-4-2-5-9-22/h2,4-5,8-13,16,18H,3,6-7,14-15,17,19H2,1H3,(H,26,29). The van der Waals surface area contributed by atoms with Crippen LogP contribution in [0.5, 0.6) is 5.75 Å². The number of para-hydroxylation sites is 1. The average molecular weight is 468 g/mol. The first-order valence-corrected chi connectivity index (χ1v) is 12.6. The number of piperidine rings is 1. The molecular formula is C25H29N3O4S. The largest absolute Gasteiger partial charge is 0.489 e. The second-order valence-electron chi connectivity index (χ2n) is 8.24. The van der Waals surface area contributed by atoms with Crippen LogP contribution in [0.1, 0.15) is 40.9 Å². The van der Waals surface area contributed by atoms with Crippen LogP contribution in [0.3, 0.4) is 0 Å². The number of ether oxygens (including phenoxy) is 1. The molecule has 0 spiro atoms. The Labute approximate surface area is 195 Å². The Kier molecular flexibility index (Phi) is 7.15. The Morgan fingerprint density at radius 1 is 0.970 bits per heavy atom. The van der Waals surface area contributed by atoms with Gasteiger partial charge in [-0.05, 0) is 42.2 Å². The van der Waals surface area contributed by atoms with Crippen molar-refractivity contribution in [1.82, 2.24) is 14.2 Å². The van der Waals surface area contributed by atoms with E-state index in [1.165, 1.54) is 16.6 Å². The van der Waals surface area contributed by atoms with E-state index >= 15 is 0 Å². The van der Waals surface area contributed by atoms with Crippen molar-refractivity contribution in [3.8, 4) is 5.75 Å². The number of benzene rings is 2. The minimum Gasteiger partial charge on any atom is -0.489 e. The number of aromatic nitrogens is 1. The highest BCUT2D eigenvalue weighted by Crippen LogP contribution is 2.22. The summed E-state index contributed by atoms with van der Waals surface area (Å²) in [5, 5.41) is 2.88. The van der Waals surface area contributed by atoms with Crippen LogP contribution < -0.4 is 10.1 Å². The van der Waals surface area contributed by atoms with Crippen molar-refractivity contribution in [3.63, 3.8) is 0 Å². The van der Waals surface area contributed by atoms with Gasteiger partial charge in [0.15, 0.2) is 0 Å². The fourth-order valence-corrected chi connectivity index (χ4v) is 5.45. The molecule has 0 aliphatic carbocycles. The monoisotopic (exact) mass is 467 g/mol. The van der Waals surface area contributed by atoms with Gasteiger partial charge in [-0.2, -0.15) is 4.31 Å². The number of nitrogens with one attached hydrogen (secondary N) is 1. The predicted molar refractivity (Wildman–Crippen MR) is 126 cm³/mol. The Bertz CT molecular complexity index is 1180. The quantitative estimate of drug-likeness (QED) is 0.548. The second-order valence-corrected chi connectivity index (χ2v) is 10.2. The molecule has 0 bridgehead atoms. The van der Waals surface area contributed by atoms with E-state index in [1.54, 1.807) is 11.6 Å². The second kappa shape index (κ2) is 10.2. The SMILES string of the molecule is Cn1cc(S(=O)(=O)N2CCCCC2)cc1C(=O)NCc1ccc(COc2ccccc2)cc1. The van der Waals surface area contributed by atoms with E-state index in [0.29, 0.717) is 31.9 Å². The molecular weight excluding hydrogens is 438 g/mol. The number of carbonyl (C=O) groups excluding carboxylic acids is 1. The minimum absolute atomic E-state index is 0.166. The van der Waals surface area contributed by atoms with E-state index in [4.69, 9.17) is 4.74 Å². The zero-order chi connectivity index (χ0) is 23.3. The predicted octanol–water partition coefficient (Wildman–Crippen LogP) is 3.71. The number of hydrogen-bond donors (Lipinski definition) is 1. The first-order chi connectivity index (χ1) is 15.9. The summed E-state index contributed by atoms with van der Waals surface area (Å²) in [6, 6.07) is 18.9. The van der Waals surface area contributed by atoms with Crippen molar-refractivity contribution in [2.75, 3.05) is 13.1 Å². The molecule has 0 atom stereocenters. The third-order valence-electron chi connectivity index (χ3n) is 5.79. The summed E-state index contributed by atoms with van der Waals surface area (Å²) in [5.74, 6) is 0.507. The molecule has 174 valence electrons. The van der Waals surface area contributed by atoms with Gasteiger partial charge in [0.05, 0.1) is 0 Å². The highest BCUT2D eigenvalue weighted by Gasteiger charge is 2.28. The zero-order valence-electron chi connectivity index (χ0n) is 18.7. The van der Waals surface area contributed by atoms with Crippen LogP contribution in [0.4, 0.5) is 0 Å². The van der Waals surface area contributed by atoms with Gasteiger partial charge in [0, 0.05) is 32.9 Å². The minimum atomic E-state index is -3.57. The molecule has 1 aliphatic heterocycles.